The molecule has 0 saturated heterocycles. The summed E-state index contributed by atoms with van der Waals surface area (Å²) in [5, 5.41) is 1.75. The molecule has 0 unspecified atom stereocenters. The minimum atomic E-state index is -0.185. The fraction of sp³-hybridized carbons (Fsp3) is 0.143. The van der Waals surface area contributed by atoms with Crippen molar-refractivity contribution in [2.75, 3.05) is 14.2 Å². The number of hydrogen-bond acceptors (Lipinski definition) is 5. The van der Waals surface area contributed by atoms with Gasteiger partial charge in [0.25, 0.3) is 0 Å². The molecule has 0 radical (unpaired) electrons. The maximum atomic E-state index is 12.5. The van der Waals surface area contributed by atoms with Crippen LogP contribution in [-0.2, 0) is 0 Å². The van der Waals surface area contributed by atoms with E-state index < -0.39 is 0 Å². The number of carbonyl (C=O) groups is 2. The van der Waals surface area contributed by atoms with Crippen molar-refractivity contribution in [3.63, 3.8) is 0 Å². The number of fused-ring (bicyclic) bond motifs is 2. The molecule has 0 bridgehead atoms. The van der Waals surface area contributed by atoms with Gasteiger partial charge in [0.15, 0.2) is 17.3 Å². The van der Waals surface area contributed by atoms with Gasteiger partial charge in [-0.05, 0) is 23.6 Å². The third kappa shape index (κ3) is 1.51. The summed E-state index contributed by atoms with van der Waals surface area (Å²) < 4.78 is 10.4. The highest BCUT2D eigenvalue weighted by Gasteiger charge is 2.34. The quantitative estimate of drug-likeness (QED) is 0.720. The number of carbonyl (C=O) groups excluding carboxylic acids is 2. The van der Waals surface area contributed by atoms with Crippen molar-refractivity contribution in [2.45, 2.75) is 0 Å². The van der Waals surface area contributed by atoms with Crippen LogP contribution >= 0.6 is 11.3 Å². The molecule has 2 aromatic rings. The van der Waals surface area contributed by atoms with E-state index >= 15 is 0 Å². The first-order valence-electron chi connectivity index (χ1n) is 5.61. The van der Waals surface area contributed by atoms with E-state index in [4.69, 9.17) is 9.47 Å². The van der Waals surface area contributed by atoms with Crippen LogP contribution in [0.15, 0.2) is 23.6 Å². The number of benzene rings is 1. The Morgan fingerprint density at radius 3 is 2.42 bits per heavy atom. The monoisotopic (exact) mass is 274 g/mol. The zero-order valence-electron chi connectivity index (χ0n) is 10.4. The summed E-state index contributed by atoms with van der Waals surface area (Å²) in [4.78, 5) is 25.3. The van der Waals surface area contributed by atoms with Crippen LogP contribution in [0.25, 0.3) is 0 Å². The highest BCUT2D eigenvalue weighted by molar-refractivity contribution is 7.12. The van der Waals surface area contributed by atoms with E-state index in [-0.39, 0.29) is 11.6 Å². The molecule has 0 atom stereocenters. The van der Waals surface area contributed by atoms with Crippen molar-refractivity contribution in [2.24, 2.45) is 0 Å². The first kappa shape index (κ1) is 11.9. The minimum absolute atomic E-state index is 0.146. The van der Waals surface area contributed by atoms with Gasteiger partial charge in [0.1, 0.15) is 0 Å². The van der Waals surface area contributed by atoms with Gasteiger partial charge in [-0.1, -0.05) is 0 Å². The lowest BCUT2D eigenvalue weighted by Gasteiger charge is -2.18. The SMILES string of the molecule is COc1ccc2c(c1OC)C(=O)c1sccc1C2=O. The molecule has 0 fully saturated rings. The van der Waals surface area contributed by atoms with Crippen LogP contribution in [0.1, 0.15) is 31.2 Å². The van der Waals surface area contributed by atoms with Gasteiger partial charge in [-0.3, -0.25) is 9.59 Å². The molecule has 4 nitrogen and oxygen atoms in total. The van der Waals surface area contributed by atoms with Crippen molar-refractivity contribution in [3.05, 3.63) is 45.1 Å². The Kier molecular flexibility index (Phi) is 2.64. The molecule has 1 aromatic carbocycles. The predicted molar refractivity (Wildman–Crippen MR) is 70.7 cm³/mol. The second-order valence-electron chi connectivity index (χ2n) is 4.05. The number of rotatable bonds is 2. The summed E-state index contributed by atoms with van der Waals surface area (Å²) in [5.74, 6) is 0.432. The Bertz CT molecular complexity index is 699. The summed E-state index contributed by atoms with van der Waals surface area (Å²) in [7, 11) is 2.95. The Morgan fingerprint density at radius 2 is 1.74 bits per heavy atom. The molecule has 0 amide bonds. The van der Waals surface area contributed by atoms with Crippen molar-refractivity contribution in [1.82, 2.24) is 0 Å². The molecule has 1 aliphatic rings. The highest BCUT2D eigenvalue weighted by Crippen LogP contribution is 2.40. The second-order valence-corrected chi connectivity index (χ2v) is 4.96. The molecule has 5 heteroatoms. The maximum absolute atomic E-state index is 12.5. The second kappa shape index (κ2) is 4.20. The molecule has 1 aliphatic carbocycles. The van der Waals surface area contributed by atoms with Gasteiger partial charge in [0.2, 0.25) is 5.78 Å². The molecule has 1 aromatic heterocycles. The zero-order valence-corrected chi connectivity index (χ0v) is 11.2. The number of ketones is 2. The van der Waals surface area contributed by atoms with Gasteiger partial charge in [-0.25, -0.2) is 0 Å². The summed E-state index contributed by atoms with van der Waals surface area (Å²) in [6.07, 6.45) is 0. The highest BCUT2D eigenvalue weighted by atomic mass is 32.1. The first-order valence-corrected chi connectivity index (χ1v) is 6.49. The summed E-state index contributed by atoms with van der Waals surface area (Å²) >= 11 is 1.27. The van der Waals surface area contributed by atoms with E-state index in [0.29, 0.717) is 33.1 Å². The summed E-state index contributed by atoms with van der Waals surface area (Å²) in [5.41, 5.74) is 1.13. The Labute approximate surface area is 113 Å². The third-order valence-corrected chi connectivity index (χ3v) is 4.05. The van der Waals surface area contributed by atoms with Crippen LogP contribution in [0.3, 0.4) is 0 Å². The molecule has 19 heavy (non-hydrogen) atoms. The lowest BCUT2D eigenvalue weighted by Crippen LogP contribution is -2.20. The van der Waals surface area contributed by atoms with Gasteiger partial charge in [-0.15, -0.1) is 11.3 Å². The fourth-order valence-electron chi connectivity index (χ4n) is 2.26. The molecule has 96 valence electrons. The average molecular weight is 274 g/mol. The normalized spacial score (nSPS) is 12.9. The average Bonchev–Trinajstić information content (AvgIpc) is 2.92. The van der Waals surface area contributed by atoms with E-state index in [1.54, 1.807) is 23.6 Å². The van der Waals surface area contributed by atoms with Crippen LogP contribution in [0.4, 0.5) is 0 Å². The van der Waals surface area contributed by atoms with Crippen LogP contribution in [0.2, 0.25) is 0 Å². The predicted octanol–water partition coefficient (Wildman–Crippen LogP) is 2.54. The van der Waals surface area contributed by atoms with Crippen LogP contribution in [0.5, 0.6) is 11.5 Å². The van der Waals surface area contributed by atoms with Crippen molar-refractivity contribution in [3.8, 4) is 11.5 Å². The first-order chi connectivity index (χ1) is 9.19. The van der Waals surface area contributed by atoms with Crippen molar-refractivity contribution in [1.29, 1.82) is 0 Å². The van der Waals surface area contributed by atoms with E-state index in [9.17, 15) is 9.59 Å². The summed E-state index contributed by atoms with van der Waals surface area (Å²) in [6.45, 7) is 0. The third-order valence-electron chi connectivity index (χ3n) is 3.13. The molecular weight excluding hydrogens is 264 g/mol. The van der Waals surface area contributed by atoms with E-state index in [2.05, 4.69) is 0 Å². The Morgan fingerprint density at radius 1 is 0.947 bits per heavy atom. The van der Waals surface area contributed by atoms with Crippen LogP contribution in [0, 0.1) is 0 Å². The van der Waals surface area contributed by atoms with Crippen LogP contribution < -0.4 is 9.47 Å². The van der Waals surface area contributed by atoms with Gasteiger partial charge >= 0.3 is 0 Å². The molecule has 1 heterocycles. The van der Waals surface area contributed by atoms with E-state index in [0.717, 1.165) is 0 Å². The number of thiophene rings is 1. The van der Waals surface area contributed by atoms with E-state index in [1.807, 2.05) is 0 Å². The Hall–Kier alpha value is -2.14. The van der Waals surface area contributed by atoms with Gasteiger partial charge in [0, 0.05) is 11.1 Å². The lowest BCUT2D eigenvalue weighted by molar-refractivity contribution is 0.0979. The minimum Gasteiger partial charge on any atom is -0.493 e. The molecule has 0 saturated carbocycles. The van der Waals surface area contributed by atoms with Gasteiger partial charge in [0.05, 0.1) is 24.7 Å². The van der Waals surface area contributed by atoms with Gasteiger partial charge in [-0.2, -0.15) is 0 Å². The van der Waals surface area contributed by atoms with Crippen LogP contribution in [-0.4, -0.2) is 25.8 Å². The van der Waals surface area contributed by atoms with E-state index in [1.165, 1.54) is 25.6 Å². The largest absolute Gasteiger partial charge is 0.493 e. The molecule has 0 spiro atoms. The maximum Gasteiger partial charge on any atom is 0.208 e. The molecule has 0 N–H and O–H groups in total. The molecule has 0 aliphatic heterocycles. The van der Waals surface area contributed by atoms with Gasteiger partial charge < -0.3 is 9.47 Å². The standard InChI is InChI=1S/C14H10O4S/c1-17-9-4-3-7-10(13(9)18-2)12(16)14-8(11(7)15)5-6-19-14/h3-6H,1-2H3. The molecule has 3 rings (SSSR count). The molecular formula is C14H10O4S. The number of ether oxygens (including phenoxy) is 2. The lowest BCUT2D eigenvalue weighted by atomic mass is 9.88. The summed E-state index contributed by atoms with van der Waals surface area (Å²) in [6, 6.07) is 4.93. The fourth-order valence-corrected chi connectivity index (χ4v) is 3.10. The van der Waals surface area contributed by atoms with Crippen molar-refractivity contribution < 1.29 is 19.1 Å². The smallest absolute Gasteiger partial charge is 0.208 e. The number of hydrogen-bond donors (Lipinski definition) is 0. The topological polar surface area (TPSA) is 52.6 Å². The Balaban J connectivity index is 2.33. The number of methoxy groups -OCH3 is 2. The zero-order chi connectivity index (χ0) is 13.6. The van der Waals surface area contributed by atoms with Crippen molar-refractivity contribution >= 4 is 22.9 Å².